The summed E-state index contributed by atoms with van der Waals surface area (Å²) < 4.78 is 1.44. The molecule has 1 aromatic heterocycles. The molecule has 4 heteroatoms. The van der Waals surface area contributed by atoms with Gasteiger partial charge in [0.25, 0.3) is 0 Å². The summed E-state index contributed by atoms with van der Waals surface area (Å²) in [5.41, 5.74) is 0.885. The first-order valence-electron chi connectivity index (χ1n) is 4.35. The van der Waals surface area contributed by atoms with Crippen LogP contribution < -0.4 is 0 Å². The molecule has 0 aliphatic carbocycles. The van der Waals surface area contributed by atoms with Gasteiger partial charge >= 0.3 is 0 Å². The van der Waals surface area contributed by atoms with Crippen LogP contribution in [0.15, 0.2) is 12.3 Å². The molecule has 0 bridgehead atoms. The van der Waals surface area contributed by atoms with Gasteiger partial charge in [0, 0.05) is 24.2 Å². The molecule has 0 saturated heterocycles. The zero-order valence-corrected chi connectivity index (χ0v) is 8.42. The molecule has 0 fully saturated rings. The van der Waals surface area contributed by atoms with Crippen LogP contribution in [0.1, 0.15) is 29.8 Å². The van der Waals surface area contributed by atoms with Crippen LogP contribution in [0.2, 0.25) is 0 Å². The number of nitrogens with zero attached hydrogens (tertiary/aromatic N) is 2. The summed E-state index contributed by atoms with van der Waals surface area (Å²) in [5, 5.41) is 3.93. The van der Waals surface area contributed by atoms with E-state index in [1.54, 1.807) is 6.20 Å². The summed E-state index contributed by atoms with van der Waals surface area (Å²) in [6.45, 7) is 1.87. The lowest BCUT2D eigenvalue weighted by atomic mass is 10.2. The number of hydrogen-bond acceptors (Lipinski definition) is 2. The molecule has 1 rings (SSSR count). The second kappa shape index (κ2) is 5.02. The number of carbonyl (C=O) groups excluding carboxylic acids is 1. The van der Waals surface area contributed by atoms with Crippen molar-refractivity contribution in [3.63, 3.8) is 0 Å². The third kappa shape index (κ3) is 2.84. The third-order valence-electron chi connectivity index (χ3n) is 1.84. The van der Waals surface area contributed by atoms with Crippen molar-refractivity contribution in [2.45, 2.75) is 26.2 Å². The third-order valence-corrected chi connectivity index (χ3v) is 2.11. The fraction of sp³-hybridized carbons (Fsp3) is 0.556. The molecule has 0 N–H and O–H groups in total. The maximum absolute atomic E-state index is 11.5. The van der Waals surface area contributed by atoms with Crippen molar-refractivity contribution >= 4 is 17.5 Å². The van der Waals surface area contributed by atoms with E-state index in [1.165, 1.54) is 4.68 Å². The van der Waals surface area contributed by atoms with Crippen molar-refractivity contribution < 1.29 is 4.79 Å². The summed E-state index contributed by atoms with van der Waals surface area (Å²) in [6, 6.07) is 1.82. The monoisotopic (exact) mass is 200 g/mol. The fourth-order valence-electron chi connectivity index (χ4n) is 1.11. The van der Waals surface area contributed by atoms with Crippen molar-refractivity contribution in [3.8, 4) is 0 Å². The maximum atomic E-state index is 11.5. The van der Waals surface area contributed by atoms with Gasteiger partial charge in [0.2, 0.25) is 5.91 Å². The molecule has 72 valence electrons. The highest BCUT2D eigenvalue weighted by atomic mass is 35.5. The number of hydrogen-bond donors (Lipinski definition) is 0. The molecular formula is C9H13ClN2O. The van der Waals surface area contributed by atoms with E-state index < -0.39 is 0 Å². The van der Waals surface area contributed by atoms with Crippen molar-refractivity contribution in [2.24, 2.45) is 0 Å². The van der Waals surface area contributed by atoms with Crippen LogP contribution in [0.5, 0.6) is 0 Å². The Balaban J connectivity index is 2.45. The van der Waals surface area contributed by atoms with Crippen LogP contribution in [0.4, 0.5) is 0 Å². The topological polar surface area (TPSA) is 34.9 Å². The summed E-state index contributed by atoms with van der Waals surface area (Å²) in [5.74, 6) is 0.665. The minimum absolute atomic E-state index is 0.0487. The number of carbonyl (C=O) groups is 1. The van der Waals surface area contributed by atoms with Crippen LogP contribution >= 0.6 is 11.6 Å². The summed E-state index contributed by atoms with van der Waals surface area (Å²) in [7, 11) is 0. The molecule has 3 nitrogen and oxygen atoms in total. The first-order valence-corrected chi connectivity index (χ1v) is 4.89. The Kier molecular flexibility index (Phi) is 3.96. The number of halogens is 1. The predicted octanol–water partition coefficient (Wildman–Crippen LogP) is 2.24. The van der Waals surface area contributed by atoms with E-state index in [1.807, 2.05) is 13.0 Å². The Morgan fingerprint density at radius 3 is 2.92 bits per heavy atom. The normalized spacial score (nSPS) is 10.3. The van der Waals surface area contributed by atoms with Gasteiger partial charge in [-0.2, -0.15) is 5.10 Å². The Hall–Kier alpha value is -0.830. The minimum atomic E-state index is 0.0487. The molecule has 0 aliphatic rings. The number of aryl methyl sites for hydroxylation is 1. The van der Waals surface area contributed by atoms with Crippen LogP contribution in [0, 0.1) is 6.92 Å². The average molecular weight is 201 g/mol. The number of unbranched alkanes of at least 4 members (excludes halogenated alkanes) is 1. The van der Waals surface area contributed by atoms with Gasteiger partial charge in [-0.25, -0.2) is 4.68 Å². The van der Waals surface area contributed by atoms with E-state index in [2.05, 4.69) is 5.10 Å². The highest BCUT2D eigenvalue weighted by Crippen LogP contribution is 2.02. The van der Waals surface area contributed by atoms with Crippen LogP contribution in [-0.4, -0.2) is 21.6 Å². The first-order chi connectivity index (χ1) is 6.25. The molecule has 1 aromatic rings. The van der Waals surface area contributed by atoms with Crippen molar-refractivity contribution in [1.82, 2.24) is 9.78 Å². The molecule has 0 spiro atoms. The van der Waals surface area contributed by atoms with Gasteiger partial charge in [-0.1, -0.05) is 0 Å². The zero-order valence-electron chi connectivity index (χ0n) is 7.66. The molecule has 0 atom stereocenters. The molecule has 0 amide bonds. The smallest absolute Gasteiger partial charge is 0.247 e. The quantitative estimate of drug-likeness (QED) is 0.552. The standard InChI is InChI=1S/C9H13ClN2O/c1-8-5-7-11-12(8)9(13)4-2-3-6-10/h5,7H,2-4,6H2,1H3. The fourth-order valence-corrected chi connectivity index (χ4v) is 1.30. The van der Waals surface area contributed by atoms with E-state index >= 15 is 0 Å². The van der Waals surface area contributed by atoms with Crippen LogP contribution in [0.25, 0.3) is 0 Å². The SMILES string of the molecule is Cc1ccnn1C(=O)CCCCCl. The molecular weight excluding hydrogens is 188 g/mol. The van der Waals surface area contributed by atoms with Crippen molar-refractivity contribution in [1.29, 1.82) is 0 Å². The lowest BCUT2D eigenvalue weighted by Gasteiger charge is -2.01. The second-order valence-electron chi connectivity index (χ2n) is 2.92. The summed E-state index contributed by atoms with van der Waals surface area (Å²) >= 11 is 5.51. The molecule has 0 aromatic carbocycles. The zero-order chi connectivity index (χ0) is 9.68. The van der Waals surface area contributed by atoms with E-state index in [0.717, 1.165) is 18.5 Å². The number of aromatic nitrogens is 2. The molecule has 0 saturated carbocycles. The van der Waals surface area contributed by atoms with E-state index in [9.17, 15) is 4.79 Å². The van der Waals surface area contributed by atoms with Gasteiger partial charge in [-0.3, -0.25) is 4.79 Å². The van der Waals surface area contributed by atoms with Crippen LogP contribution in [0.3, 0.4) is 0 Å². The van der Waals surface area contributed by atoms with Gasteiger partial charge in [-0.05, 0) is 25.8 Å². The summed E-state index contributed by atoms with van der Waals surface area (Å²) in [4.78, 5) is 11.5. The first kappa shape index (κ1) is 10.3. The van der Waals surface area contributed by atoms with E-state index in [4.69, 9.17) is 11.6 Å². The minimum Gasteiger partial charge on any atom is -0.273 e. The lowest BCUT2D eigenvalue weighted by Crippen LogP contribution is -2.13. The Morgan fingerprint density at radius 1 is 1.62 bits per heavy atom. The van der Waals surface area contributed by atoms with Gasteiger partial charge in [-0.15, -0.1) is 11.6 Å². The summed E-state index contributed by atoms with van der Waals surface area (Å²) in [6.07, 6.45) is 3.87. The highest BCUT2D eigenvalue weighted by molar-refractivity contribution is 6.17. The predicted molar refractivity (Wildman–Crippen MR) is 52.2 cm³/mol. The number of alkyl halides is 1. The second-order valence-corrected chi connectivity index (χ2v) is 3.30. The van der Waals surface area contributed by atoms with Gasteiger partial charge in [0.15, 0.2) is 0 Å². The Labute approximate surface area is 82.7 Å². The van der Waals surface area contributed by atoms with Crippen molar-refractivity contribution in [3.05, 3.63) is 18.0 Å². The molecule has 13 heavy (non-hydrogen) atoms. The number of rotatable bonds is 4. The molecule has 0 radical (unpaired) electrons. The maximum Gasteiger partial charge on any atom is 0.247 e. The van der Waals surface area contributed by atoms with E-state index in [-0.39, 0.29) is 5.91 Å². The van der Waals surface area contributed by atoms with E-state index in [0.29, 0.717) is 12.3 Å². The Morgan fingerprint density at radius 2 is 2.38 bits per heavy atom. The lowest BCUT2D eigenvalue weighted by molar-refractivity contribution is 0.0881. The van der Waals surface area contributed by atoms with Gasteiger partial charge < -0.3 is 0 Å². The average Bonchev–Trinajstić information content (AvgIpc) is 2.52. The Bertz CT molecular complexity index is 283. The largest absolute Gasteiger partial charge is 0.273 e. The van der Waals surface area contributed by atoms with Gasteiger partial charge in [0.1, 0.15) is 0 Å². The highest BCUT2D eigenvalue weighted by Gasteiger charge is 2.06. The molecule has 1 heterocycles. The van der Waals surface area contributed by atoms with Crippen LogP contribution in [-0.2, 0) is 0 Å². The molecule has 0 aliphatic heterocycles. The van der Waals surface area contributed by atoms with Crippen molar-refractivity contribution in [2.75, 3.05) is 5.88 Å². The van der Waals surface area contributed by atoms with Gasteiger partial charge in [0.05, 0.1) is 0 Å². The molecule has 0 unspecified atom stereocenters.